The highest BCUT2D eigenvalue weighted by atomic mass is 32.1. The van der Waals surface area contributed by atoms with Gasteiger partial charge in [0.25, 0.3) is 5.91 Å². The van der Waals surface area contributed by atoms with Crippen LogP contribution in [-0.2, 0) is 4.79 Å². The Morgan fingerprint density at radius 3 is 2.50 bits per heavy atom. The number of aryl methyl sites for hydroxylation is 2. The molecule has 1 aromatic carbocycles. The van der Waals surface area contributed by atoms with Gasteiger partial charge >= 0.3 is 6.03 Å². The van der Waals surface area contributed by atoms with Gasteiger partial charge in [0.1, 0.15) is 11.6 Å². The minimum Gasteiger partial charge on any atom is -0.343 e. The van der Waals surface area contributed by atoms with Crippen LogP contribution in [0.3, 0.4) is 0 Å². The van der Waals surface area contributed by atoms with E-state index in [0.717, 1.165) is 22.0 Å². The summed E-state index contributed by atoms with van der Waals surface area (Å²) in [7, 11) is 0. The second kappa shape index (κ2) is 7.25. The van der Waals surface area contributed by atoms with Gasteiger partial charge in [0, 0.05) is 16.1 Å². The lowest BCUT2D eigenvalue weighted by Gasteiger charge is -2.16. The number of urea groups is 1. The second-order valence-corrected chi connectivity index (χ2v) is 7.35. The molecule has 26 heavy (non-hydrogen) atoms. The molecule has 8 heteroatoms. The van der Waals surface area contributed by atoms with Crippen LogP contribution in [0.1, 0.15) is 45.3 Å². The smallest absolute Gasteiger partial charge is 0.329 e. The Labute approximate surface area is 155 Å². The van der Waals surface area contributed by atoms with Crippen LogP contribution >= 0.6 is 11.3 Å². The molecule has 7 nitrogen and oxygen atoms in total. The van der Waals surface area contributed by atoms with Crippen LogP contribution in [0.25, 0.3) is 0 Å². The summed E-state index contributed by atoms with van der Waals surface area (Å²) in [6.45, 7) is 5.97. The number of carbonyl (C=O) groups excluding carboxylic acids is 3. The number of hydrogen-bond donors (Lipinski definition) is 2. The van der Waals surface area contributed by atoms with E-state index in [1.54, 1.807) is 35.6 Å². The van der Waals surface area contributed by atoms with Gasteiger partial charge in [0.2, 0.25) is 5.91 Å². The summed E-state index contributed by atoms with van der Waals surface area (Å²) in [6.07, 6.45) is 0.742. The molecule has 0 radical (unpaired) electrons. The summed E-state index contributed by atoms with van der Waals surface area (Å²) in [5.41, 5.74) is 2.05. The van der Waals surface area contributed by atoms with Crippen molar-refractivity contribution in [1.82, 2.24) is 15.6 Å². The summed E-state index contributed by atoms with van der Waals surface area (Å²) < 4.78 is 0. The molecule has 0 unspecified atom stereocenters. The number of nitrogens with zero attached hydrogens (tertiary/aromatic N) is 2. The van der Waals surface area contributed by atoms with E-state index in [1.165, 1.54) is 4.90 Å². The van der Waals surface area contributed by atoms with E-state index < -0.39 is 6.03 Å². The molecule has 0 saturated carbocycles. The van der Waals surface area contributed by atoms with Gasteiger partial charge < -0.3 is 5.32 Å². The van der Waals surface area contributed by atoms with E-state index in [9.17, 15) is 14.4 Å². The molecule has 2 heterocycles. The van der Waals surface area contributed by atoms with Crippen molar-refractivity contribution in [2.45, 2.75) is 33.2 Å². The number of imide groups is 1. The maximum atomic E-state index is 12.5. The number of hydrogen-bond acceptors (Lipinski definition) is 5. The van der Waals surface area contributed by atoms with E-state index in [0.29, 0.717) is 11.3 Å². The Hall–Kier alpha value is -2.74. The molecule has 0 aliphatic carbocycles. The SMILES string of the molecule is CC[C@H](NC(=O)c1ccc(N2CC(=O)NC2=O)cc1)c1nc(C)c(C)s1. The zero-order valence-corrected chi connectivity index (χ0v) is 15.6. The van der Waals surface area contributed by atoms with Gasteiger partial charge in [-0.3, -0.25) is 19.8 Å². The number of anilines is 1. The number of benzene rings is 1. The van der Waals surface area contributed by atoms with Crippen molar-refractivity contribution in [3.8, 4) is 0 Å². The molecule has 1 aliphatic heterocycles. The summed E-state index contributed by atoms with van der Waals surface area (Å²) in [5.74, 6) is -0.535. The third-order valence-electron chi connectivity index (χ3n) is 4.29. The van der Waals surface area contributed by atoms with Crippen LogP contribution in [0.4, 0.5) is 10.5 Å². The average Bonchev–Trinajstić information content (AvgIpc) is 3.13. The molecule has 2 aromatic rings. The van der Waals surface area contributed by atoms with E-state index in [2.05, 4.69) is 15.6 Å². The normalized spacial score (nSPS) is 15.1. The van der Waals surface area contributed by atoms with Gasteiger partial charge in [-0.15, -0.1) is 11.3 Å². The Balaban J connectivity index is 1.71. The van der Waals surface area contributed by atoms with Gasteiger partial charge in [-0.05, 0) is 44.5 Å². The van der Waals surface area contributed by atoms with E-state index in [-0.39, 0.29) is 24.4 Å². The van der Waals surface area contributed by atoms with Crippen LogP contribution in [0.5, 0.6) is 0 Å². The topological polar surface area (TPSA) is 91.4 Å². The Bertz CT molecular complexity index is 840. The standard InChI is InChI=1S/C18H20N4O3S/c1-4-14(17-19-10(2)11(3)26-17)20-16(24)12-5-7-13(8-6-12)22-9-15(23)21-18(22)25/h5-8,14H,4,9H2,1-3H3,(H,20,24)(H,21,23,25)/t14-/m0/s1. The summed E-state index contributed by atoms with van der Waals surface area (Å²) >= 11 is 1.60. The maximum absolute atomic E-state index is 12.5. The largest absolute Gasteiger partial charge is 0.343 e. The third-order valence-corrected chi connectivity index (χ3v) is 5.48. The molecule has 1 atom stereocenters. The van der Waals surface area contributed by atoms with Crippen molar-refractivity contribution < 1.29 is 14.4 Å². The molecule has 1 aromatic heterocycles. The van der Waals surface area contributed by atoms with Crippen molar-refractivity contribution in [2.24, 2.45) is 0 Å². The number of aromatic nitrogens is 1. The minimum absolute atomic E-state index is 0.00889. The number of amides is 4. The lowest BCUT2D eigenvalue weighted by atomic mass is 10.1. The first-order valence-corrected chi connectivity index (χ1v) is 9.17. The Kier molecular flexibility index (Phi) is 5.03. The van der Waals surface area contributed by atoms with Crippen molar-refractivity contribution in [3.63, 3.8) is 0 Å². The predicted molar refractivity (Wildman–Crippen MR) is 99.4 cm³/mol. The molecule has 0 bridgehead atoms. The quantitative estimate of drug-likeness (QED) is 0.790. The highest BCUT2D eigenvalue weighted by Gasteiger charge is 2.28. The molecule has 3 rings (SSSR count). The van der Waals surface area contributed by atoms with E-state index in [4.69, 9.17) is 0 Å². The third kappa shape index (κ3) is 3.60. The first-order chi connectivity index (χ1) is 12.4. The molecule has 136 valence electrons. The monoisotopic (exact) mass is 372 g/mol. The second-order valence-electron chi connectivity index (χ2n) is 6.11. The fourth-order valence-electron chi connectivity index (χ4n) is 2.67. The maximum Gasteiger partial charge on any atom is 0.329 e. The van der Waals surface area contributed by atoms with Gasteiger partial charge in [-0.25, -0.2) is 9.78 Å². The fourth-order valence-corrected chi connectivity index (χ4v) is 3.73. The fraction of sp³-hybridized carbons (Fsp3) is 0.333. The molecular weight excluding hydrogens is 352 g/mol. The van der Waals surface area contributed by atoms with Crippen molar-refractivity contribution in [3.05, 3.63) is 45.4 Å². The van der Waals surface area contributed by atoms with Crippen molar-refractivity contribution in [2.75, 3.05) is 11.4 Å². The van der Waals surface area contributed by atoms with Crippen LogP contribution in [0.2, 0.25) is 0 Å². The highest BCUT2D eigenvalue weighted by Crippen LogP contribution is 2.25. The molecule has 1 saturated heterocycles. The molecule has 4 amide bonds. The van der Waals surface area contributed by atoms with Gasteiger partial charge in [0.15, 0.2) is 0 Å². The van der Waals surface area contributed by atoms with Gasteiger partial charge in [0.05, 0.1) is 11.7 Å². The predicted octanol–water partition coefficient (Wildman–Crippen LogP) is 2.70. The van der Waals surface area contributed by atoms with Crippen LogP contribution < -0.4 is 15.5 Å². The van der Waals surface area contributed by atoms with Crippen LogP contribution in [0, 0.1) is 13.8 Å². The van der Waals surface area contributed by atoms with Crippen molar-refractivity contribution in [1.29, 1.82) is 0 Å². The average molecular weight is 372 g/mol. The number of thiazole rings is 1. The van der Waals surface area contributed by atoms with Crippen LogP contribution in [0.15, 0.2) is 24.3 Å². The van der Waals surface area contributed by atoms with Gasteiger partial charge in [-0.1, -0.05) is 6.92 Å². The zero-order valence-electron chi connectivity index (χ0n) is 14.8. The molecule has 1 aliphatic rings. The lowest BCUT2D eigenvalue weighted by Crippen LogP contribution is -2.29. The van der Waals surface area contributed by atoms with Crippen molar-refractivity contribution >= 4 is 34.9 Å². The number of rotatable bonds is 5. The zero-order chi connectivity index (χ0) is 18.8. The highest BCUT2D eigenvalue weighted by molar-refractivity contribution is 7.11. The minimum atomic E-state index is -0.451. The summed E-state index contributed by atoms with van der Waals surface area (Å²) in [6, 6.07) is 6.02. The molecule has 1 fully saturated rings. The van der Waals surface area contributed by atoms with Crippen LogP contribution in [-0.4, -0.2) is 29.4 Å². The van der Waals surface area contributed by atoms with Gasteiger partial charge in [-0.2, -0.15) is 0 Å². The van der Waals surface area contributed by atoms with E-state index >= 15 is 0 Å². The number of nitrogens with one attached hydrogen (secondary N) is 2. The Morgan fingerprint density at radius 2 is 2.00 bits per heavy atom. The molecular formula is C18H20N4O3S. The number of carbonyl (C=O) groups is 3. The summed E-state index contributed by atoms with van der Waals surface area (Å²) in [4.78, 5) is 42.5. The molecule has 0 spiro atoms. The lowest BCUT2D eigenvalue weighted by molar-refractivity contribution is -0.117. The molecule has 2 N–H and O–H groups in total. The Morgan fingerprint density at radius 1 is 1.31 bits per heavy atom. The first kappa shape index (κ1) is 18.1. The summed E-state index contributed by atoms with van der Waals surface area (Å²) in [5, 5.41) is 6.13. The first-order valence-electron chi connectivity index (χ1n) is 8.35. The van der Waals surface area contributed by atoms with E-state index in [1.807, 2.05) is 20.8 Å².